The molecule has 2 N–H and O–H groups in total. The van der Waals surface area contributed by atoms with Crippen LogP contribution in [0.2, 0.25) is 0 Å². The van der Waals surface area contributed by atoms with Gasteiger partial charge >= 0.3 is 0 Å². The van der Waals surface area contributed by atoms with Crippen molar-refractivity contribution in [1.82, 2.24) is 0 Å². The Morgan fingerprint density at radius 2 is 1.85 bits per heavy atom. The van der Waals surface area contributed by atoms with Crippen molar-refractivity contribution in [2.45, 2.75) is 77.7 Å². The molecule has 1 fully saturated rings. The third-order valence-electron chi connectivity index (χ3n) is 5.85. The molecule has 1 aliphatic carbocycles. The molecule has 1 aliphatic rings. The molecule has 0 aliphatic heterocycles. The molecule has 0 spiro atoms. The van der Waals surface area contributed by atoms with E-state index in [0.29, 0.717) is 35.0 Å². The van der Waals surface area contributed by atoms with Gasteiger partial charge in [0.25, 0.3) is 0 Å². The first-order chi connectivity index (χ1) is 9.24. The summed E-state index contributed by atoms with van der Waals surface area (Å²) >= 11 is 0. The van der Waals surface area contributed by atoms with Crippen molar-refractivity contribution in [3.8, 4) is 0 Å². The van der Waals surface area contributed by atoms with Crippen molar-refractivity contribution in [1.29, 1.82) is 0 Å². The summed E-state index contributed by atoms with van der Waals surface area (Å²) in [6, 6.07) is 0. The lowest BCUT2D eigenvalue weighted by atomic mass is 9.67. The van der Waals surface area contributed by atoms with E-state index in [0.717, 1.165) is 12.8 Å². The zero-order valence-corrected chi connectivity index (χ0v) is 15.1. The Bertz CT molecular complexity index is 327. The SMILES string of the molecule is CCC(C)(C)C1CCC(CN)C(S(=O)C(C)C(C)C)C1. The molecule has 120 valence electrons. The lowest BCUT2D eigenvalue weighted by Gasteiger charge is -2.43. The lowest BCUT2D eigenvalue weighted by Crippen LogP contribution is -2.43. The van der Waals surface area contributed by atoms with E-state index in [1.54, 1.807) is 0 Å². The highest BCUT2D eigenvalue weighted by Crippen LogP contribution is 2.44. The van der Waals surface area contributed by atoms with Gasteiger partial charge in [-0.3, -0.25) is 4.21 Å². The summed E-state index contributed by atoms with van der Waals surface area (Å²) in [4.78, 5) is 0. The second-order valence-corrected chi connectivity index (χ2v) is 9.67. The average molecular weight is 302 g/mol. The van der Waals surface area contributed by atoms with E-state index in [9.17, 15) is 4.21 Å². The fourth-order valence-electron chi connectivity index (χ4n) is 3.29. The maximum Gasteiger partial charge on any atom is 0.0393 e. The number of hydrogen-bond donors (Lipinski definition) is 1. The molecule has 0 aromatic carbocycles. The van der Waals surface area contributed by atoms with Gasteiger partial charge in [-0.2, -0.15) is 0 Å². The fraction of sp³-hybridized carbons (Fsp3) is 1.00. The fourth-order valence-corrected chi connectivity index (χ4v) is 5.42. The van der Waals surface area contributed by atoms with Crippen LogP contribution in [0.5, 0.6) is 0 Å². The van der Waals surface area contributed by atoms with Gasteiger partial charge in [0.15, 0.2) is 0 Å². The quantitative estimate of drug-likeness (QED) is 0.807. The minimum absolute atomic E-state index is 0.275. The van der Waals surface area contributed by atoms with Crippen LogP contribution in [0.3, 0.4) is 0 Å². The summed E-state index contributed by atoms with van der Waals surface area (Å²) in [5, 5.41) is 0.583. The Morgan fingerprint density at radius 3 is 2.30 bits per heavy atom. The van der Waals surface area contributed by atoms with Gasteiger partial charge in [-0.1, -0.05) is 48.0 Å². The minimum Gasteiger partial charge on any atom is -0.330 e. The summed E-state index contributed by atoms with van der Waals surface area (Å²) in [6.07, 6.45) is 4.72. The Kier molecular flexibility index (Phi) is 6.72. The topological polar surface area (TPSA) is 43.1 Å². The molecule has 0 bridgehead atoms. The van der Waals surface area contributed by atoms with E-state index in [2.05, 4.69) is 41.5 Å². The molecule has 1 rings (SSSR count). The molecule has 0 saturated heterocycles. The highest BCUT2D eigenvalue weighted by atomic mass is 32.2. The molecule has 0 aromatic rings. The van der Waals surface area contributed by atoms with Crippen LogP contribution < -0.4 is 5.73 Å². The first-order valence-corrected chi connectivity index (χ1v) is 9.61. The van der Waals surface area contributed by atoms with E-state index < -0.39 is 10.8 Å². The molecule has 0 aromatic heterocycles. The van der Waals surface area contributed by atoms with E-state index in [1.807, 2.05) is 0 Å². The summed E-state index contributed by atoms with van der Waals surface area (Å²) < 4.78 is 12.9. The lowest BCUT2D eigenvalue weighted by molar-refractivity contribution is 0.133. The maximum absolute atomic E-state index is 12.9. The third kappa shape index (κ3) is 4.07. The summed E-state index contributed by atoms with van der Waals surface area (Å²) in [5.41, 5.74) is 6.32. The average Bonchev–Trinajstić information content (AvgIpc) is 2.44. The van der Waals surface area contributed by atoms with Crippen molar-refractivity contribution >= 4 is 10.8 Å². The van der Waals surface area contributed by atoms with Crippen LogP contribution in [0.4, 0.5) is 0 Å². The molecule has 1 saturated carbocycles. The van der Waals surface area contributed by atoms with Crippen LogP contribution in [0.25, 0.3) is 0 Å². The zero-order chi connectivity index (χ0) is 15.5. The summed E-state index contributed by atoms with van der Waals surface area (Å²) in [5.74, 6) is 1.64. The smallest absolute Gasteiger partial charge is 0.0393 e. The Hall–Kier alpha value is 0.110. The normalized spacial score (nSPS) is 31.3. The maximum atomic E-state index is 12.9. The van der Waals surface area contributed by atoms with Crippen molar-refractivity contribution in [3.05, 3.63) is 0 Å². The van der Waals surface area contributed by atoms with Crippen LogP contribution in [-0.2, 0) is 10.8 Å². The van der Waals surface area contributed by atoms with Crippen LogP contribution in [-0.4, -0.2) is 21.3 Å². The zero-order valence-electron chi connectivity index (χ0n) is 14.3. The third-order valence-corrected chi connectivity index (χ3v) is 8.30. The predicted molar refractivity (Wildman–Crippen MR) is 90.2 cm³/mol. The van der Waals surface area contributed by atoms with Gasteiger partial charge in [0.1, 0.15) is 0 Å². The largest absolute Gasteiger partial charge is 0.330 e. The minimum atomic E-state index is -0.749. The van der Waals surface area contributed by atoms with Gasteiger partial charge in [-0.15, -0.1) is 0 Å². The summed E-state index contributed by atoms with van der Waals surface area (Å²) in [7, 11) is -0.749. The van der Waals surface area contributed by atoms with Gasteiger partial charge < -0.3 is 5.73 Å². The van der Waals surface area contributed by atoms with Gasteiger partial charge in [0.05, 0.1) is 0 Å². The van der Waals surface area contributed by atoms with E-state index in [-0.39, 0.29) is 5.25 Å². The number of nitrogens with two attached hydrogens (primary N) is 1. The van der Waals surface area contributed by atoms with Crippen molar-refractivity contribution in [3.63, 3.8) is 0 Å². The monoisotopic (exact) mass is 301 g/mol. The standard InChI is InChI=1S/C17H35NOS/c1-7-17(5,6)15-9-8-14(11-18)16(10-15)20(19)13(4)12(2)3/h12-16H,7-11,18H2,1-6H3. The number of rotatable bonds is 6. The molecule has 20 heavy (non-hydrogen) atoms. The van der Waals surface area contributed by atoms with Gasteiger partial charge in [-0.05, 0) is 49.0 Å². The van der Waals surface area contributed by atoms with E-state index in [1.165, 1.54) is 12.8 Å². The molecule has 5 atom stereocenters. The molecular formula is C17H35NOS. The predicted octanol–water partition coefficient (Wildman–Crippen LogP) is 3.96. The Balaban J connectivity index is 2.86. The summed E-state index contributed by atoms with van der Waals surface area (Å²) in [6.45, 7) is 14.2. The first kappa shape index (κ1) is 18.2. The molecule has 2 nitrogen and oxygen atoms in total. The van der Waals surface area contributed by atoms with Gasteiger partial charge in [0, 0.05) is 21.3 Å². The van der Waals surface area contributed by atoms with Crippen LogP contribution in [0.15, 0.2) is 0 Å². The van der Waals surface area contributed by atoms with Crippen LogP contribution >= 0.6 is 0 Å². The molecule has 0 amide bonds. The molecular weight excluding hydrogens is 266 g/mol. The van der Waals surface area contributed by atoms with E-state index in [4.69, 9.17) is 5.73 Å². The molecule has 0 radical (unpaired) electrons. The van der Waals surface area contributed by atoms with Crippen molar-refractivity contribution in [2.75, 3.05) is 6.54 Å². The second-order valence-electron chi connectivity index (χ2n) is 7.66. The van der Waals surface area contributed by atoms with Crippen LogP contribution in [0, 0.1) is 23.2 Å². The first-order valence-electron chi connectivity index (χ1n) is 8.34. The number of hydrogen-bond acceptors (Lipinski definition) is 2. The highest BCUT2D eigenvalue weighted by molar-refractivity contribution is 7.86. The molecule has 5 unspecified atom stereocenters. The van der Waals surface area contributed by atoms with Crippen molar-refractivity contribution in [2.24, 2.45) is 28.9 Å². The molecule has 0 heterocycles. The molecule has 3 heteroatoms. The second kappa shape index (κ2) is 7.40. The highest BCUT2D eigenvalue weighted by Gasteiger charge is 2.40. The van der Waals surface area contributed by atoms with Crippen LogP contribution in [0.1, 0.15) is 67.2 Å². The Labute approximate surface area is 128 Å². The van der Waals surface area contributed by atoms with Gasteiger partial charge in [-0.25, -0.2) is 0 Å². The van der Waals surface area contributed by atoms with Crippen molar-refractivity contribution < 1.29 is 4.21 Å². The Morgan fingerprint density at radius 1 is 1.25 bits per heavy atom. The van der Waals surface area contributed by atoms with Gasteiger partial charge in [0.2, 0.25) is 0 Å². The van der Waals surface area contributed by atoms with E-state index >= 15 is 0 Å².